The molecule has 0 spiro atoms. The maximum absolute atomic E-state index is 12.3. The van der Waals surface area contributed by atoms with Crippen molar-refractivity contribution in [3.05, 3.63) is 69.8 Å². The molecule has 0 heterocycles. The minimum Gasteiger partial charge on any atom is -0.465 e. The number of fused-ring (bicyclic) bond motifs is 5. The summed E-state index contributed by atoms with van der Waals surface area (Å²) in [6.07, 6.45) is 0. The highest BCUT2D eigenvalue weighted by Gasteiger charge is 2.43. The molecule has 0 N–H and O–H groups in total. The zero-order valence-corrected chi connectivity index (χ0v) is 22.1. The largest absolute Gasteiger partial charge is 0.465 e. The summed E-state index contributed by atoms with van der Waals surface area (Å²) in [6.45, 7) is 14.1. The minimum atomic E-state index is -1.81. The highest BCUT2D eigenvalue weighted by molar-refractivity contribution is 6.99. The first-order valence-electron chi connectivity index (χ1n) is 10.9. The summed E-state index contributed by atoms with van der Waals surface area (Å²) in [6, 6.07) is 11.9. The molecule has 2 aliphatic rings. The molecule has 0 atom stereocenters. The Morgan fingerprint density at radius 2 is 0.938 bits per heavy atom. The average molecular weight is 463 g/mol. The lowest BCUT2D eigenvalue weighted by molar-refractivity contribution is 0.0592. The molecule has 0 saturated carbocycles. The van der Waals surface area contributed by atoms with Crippen molar-refractivity contribution in [3.63, 3.8) is 0 Å². The zero-order chi connectivity index (χ0) is 23.6. The molecule has 2 aliphatic carbocycles. The molecule has 0 fully saturated rings. The highest BCUT2D eigenvalue weighted by Crippen LogP contribution is 2.59. The summed E-state index contributed by atoms with van der Waals surface area (Å²) in [5, 5.41) is 2.74. The van der Waals surface area contributed by atoms with Crippen molar-refractivity contribution in [1.29, 1.82) is 0 Å². The molecule has 2 aromatic rings. The van der Waals surface area contributed by atoms with Crippen LogP contribution in [0.3, 0.4) is 0 Å². The van der Waals surface area contributed by atoms with Gasteiger partial charge in [-0.05, 0) is 68.1 Å². The summed E-state index contributed by atoms with van der Waals surface area (Å²) in [5.41, 5.74) is 8.47. The Morgan fingerprint density at radius 3 is 1.22 bits per heavy atom. The van der Waals surface area contributed by atoms with Crippen molar-refractivity contribution in [2.24, 2.45) is 0 Å². The Morgan fingerprint density at radius 1 is 0.594 bits per heavy atom. The topological polar surface area (TPSA) is 52.6 Å². The van der Waals surface area contributed by atoms with Gasteiger partial charge in [-0.15, -0.1) is 0 Å². The molecule has 0 radical (unpaired) electrons. The van der Waals surface area contributed by atoms with E-state index in [4.69, 9.17) is 9.47 Å². The molecule has 6 heteroatoms. The van der Waals surface area contributed by atoms with Crippen molar-refractivity contribution in [3.8, 4) is 0 Å². The number of esters is 2. The van der Waals surface area contributed by atoms with Gasteiger partial charge in [0.2, 0.25) is 0 Å². The molecule has 0 unspecified atom stereocenters. The Balaban J connectivity index is 2.12. The lowest BCUT2D eigenvalue weighted by atomic mass is 10.0. The number of rotatable bonds is 4. The van der Waals surface area contributed by atoms with Crippen LogP contribution in [0.15, 0.2) is 36.4 Å². The number of allylic oxidation sites excluding steroid dienone is 2. The van der Waals surface area contributed by atoms with E-state index in [1.54, 1.807) is 0 Å². The molecule has 0 saturated heterocycles. The van der Waals surface area contributed by atoms with Crippen LogP contribution in [0.5, 0.6) is 0 Å². The van der Waals surface area contributed by atoms with Crippen LogP contribution >= 0.6 is 0 Å². The Kier molecular flexibility index (Phi) is 5.21. The molecular formula is C26H30O4Si2. The van der Waals surface area contributed by atoms with Gasteiger partial charge in [0.05, 0.1) is 41.5 Å². The van der Waals surface area contributed by atoms with Gasteiger partial charge in [-0.2, -0.15) is 0 Å². The maximum Gasteiger partial charge on any atom is 0.337 e. The predicted molar refractivity (Wildman–Crippen MR) is 136 cm³/mol. The smallest absolute Gasteiger partial charge is 0.337 e. The average Bonchev–Trinajstić information content (AvgIpc) is 3.22. The van der Waals surface area contributed by atoms with E-state index in [9.17, 15) is 9.59 Å². The van der Waals surface area contributed by atoms with Crippen molar-refractivity contribution in [2.45, 2.75) is 39.3 Å². The van der Waals surface area contributed by atoms with E-state index < -0.39 is 16.1 Å². The summed E-state index contributed by atoms with van der Waals surface area (Å²) in [5.74, 6) is -0.625. The lowest BCUT2D eigenvalue weighted by Gasteiger charge is -2.23. The third-order valence-corrected chi connectivity index (χ3v) is 10.2. The first-order chi connectivity index (χ1) is 14.9. The first-order valence-corrected chi connectivity index (χ1v) is 17.9. The van der Waals surface area contributed by atoms with E-state index in [0.29, 0.717) is 11.1 Å². The van der Waals surface area contributed by atoms with Crippen LogP contribution in [-0.2, 0) is 9.47 Å². The van der Waals surface area contributed by atoms with Crippen LogP contribution in [0.1, 0.15) is 43.0 Å². The number of hydrogen-bond donors (Lipinski definition) is 0. The van der Waals surface area contributed by atoms with Gasteiger partial charge in [-0.25, -0.2) is 9.59 Å². The van der Waals surface area contributed by atoms with E-state index in [-0.39, 0.29) is 11.9 Å². The molecule has 0 aromatic heterocycles. The summed E-state index contributed by atoms with van der Waals surface area (Å²) in [7, 11) is -0.783. The van der Waals surface area contributed by atoms with E-state index in [1.165, 1.54) is 46.9 Å². The summed E-state index contributed by atoms with van der Waals surface area (Å²) >= 11 is 0. The number of benzene rings is 2. The fraction of sp³-hybridized carbons (Fsp3) is 0.308. The van der Waals surface area contributed by atoms with Crippen LogP contribution in [0.4, 0.5) is 0 Å². The minimum absolute atomic E-state index is 0.313. The second-order valence-electron chi connectivity index (χ2n) is 10.5. The number of carbonyl (C=O) groups is 2. The van der Waals surface area contributed by atoms with E-state index in [0.717, 1.165) is 11.1 Å². The summed E-state index contributed by atoms with van der Waals surface area (Å²) < 4.78 is 9.99. The summed E-state index contributed by atoms with van der Waals surface area (Å²) in [4.78, 5) is 24.6. The van der Waals surface area contributed by atoms with Crippen LogP contribution < -0.4 is 0 Å². The molecule has 32 heavy (non-hydrogen) atoms. The van der Waals surface area contributed by atoms with Gasteiger partial charge in [-0.1, -0.05) is 51.4 Å². The third kappa shape index (κ3) is 3.33. The van der Waals surface area contributed by atoms with Crippen molar-refractivity contribution in [1.82, 2.24) is 0 Å². The Bertz CT molecular complexity index is 1140. The number of methoxy groups -OCH3 is 2. The molecule has 4 rings (SSSR count). The van der Waals surface area contributed by atoms with Gasteiger partial charge in [0.1, 0.15) is 0 Å². The monoisotopic (exact) mass is 462 g/mol. The Labute approximate surface area is 192 Å². The second kappa shape index (κ2) is 7.42. The van der Waals surface area contributed by atoms with Crippen molar-refractivity contribution >= 4 is 49.6 Å². The van der Waals surface area contributed by atoms with Crippen LogP contribution in [0.25, 0.3) is 21.5 Å². The zero-order valence-electron chi connectivity index (χ0n) is 20.1. The van der Waals surface area contributed by atoms with Gasteiger partial charge in [0.25, 0.3) is 0 Å². The number of carbonyl (C=O) groups excluding carboxylic acids is 2. The van der Waals surface area contributed by atoms with Gasteiger partial charge in [0.15, 0.2) is 0 Å². The molecule has 166 valence electrons. The number of hydrogen-bond acceptors (Lipinski definition) is 4. The lowest BCUT2D eigenvalue weighted by Crippen LogP contribution is -2.24. The van der Waals surface area contributed by atoms with E-state index >= 15 is 0 Å². The molecule has 2 aromatic carbocycles. The molecule has 0 amide bonds. The number of ether oxygens (including phenoxy) is 2. The molecular weight excluding hydrogens is 432 g/mol. The molecule has 4 nitrogen and oxygen atoms in total. The van der Waals surface area contributed by atoms with Gasteiger partial charge < -0.3 is 9.47 Å². The SMILES string of the molecule is COC(=O)c1ccc2c(c1)C([Si](C)(C)C)=C1C2=C([Si](C)(C)C)c2cc(C(=O)OC)ccc21. The fourth-order valence-electron chi connectivity index (χ4n) is 5.04. The van der Waals surface area contributed by atoms with Gasteiger partial charge in [-0.3, -0.25) is 0 Å². The van der Waals surface area contributed by atoms with Crippen LogP contribution in [-0.4, -0.2) is 42.3 Å². The van der Waals surface area contributed by atoms with Gasteiger partial charge >= 0.3 is 11.9 Å². The molecule has 0 aliphatic heterocycles. The standard InChI is InChI=1S/C26H30O4Si2/c1-29-25(27)15-9-11-17-19(13-15)23(31(3,4)5)22-18-12-10-16(26(28)30-2)14-20(18)24(21(17)22)32(6,7)8/h9-14H,1-8H3. The normalized spacial score (nSPS) is 14.9. The molecule has 0 bridgehead atoms. The predicted octanol–water partition coefficient (Wildman–Crippen LogP) is 6.16. The van der Waals surface area contributed by atoms with E-state index in [1.807, 2.05) is 24.3 Å². The van der Waals surface area contributed by atoms with Crippen molar-refractivity contribution < 1.29 is 19.1 Å². The highest BCUT2D eigenvalue weighted by atomic mass is 28.3. The Hall–Kier alpha value is -2.71. The van der Waals surface area contributed by atoms with Crippen molar-refractivity contribution in [2.75, 3.05) is 14.2 Å². The maximum atomic E-state index is 12.3. The van der Waals surface area contributed by atoms with Crippen LogP contribution in [0.2, 0.25) is 39.3 Å². The first kappa shape index (κ1) is 22.5. The second-order valence-corrected chi connectivity index (χ2v) is 20.5. The van der Waals surface area contributed by atoms with E-state index in [2.05, 4.69) is 51.4 Å². The van der Waals surface area contributed by atoms with Crippen LogP contribution in [0, 0.1) is 0 Å². The van der Waals surface area contributed by atoms with Gasteiger partial charge in [0, 0.05) is 0 Å². The fourth-order valence-corrected chi connectivity index (χ4v) is 9.09. The quantitative estimate of drug-likeness (QED) is 0.403. The third-order valence-electron chi connectivity index (χ3n) is 6.21.